The van der Waals surface area contributed by atoms with Crippen molar-refractivity contribution in [3.8, 4) is 0 Å². The van der Waals surface area contributed by atoms with E-state index in [0.717, 1.165) is 13.0 Å². The van der Waals surface area contributed by atoms with Gasteiger partial charge in [-0.1, -0.05) is 0 Å². The molecule has 0 aromatic carbocycles. The molecule has 0 radical (unpaired) electrons. The van der Waals surface area contributed by atoms with E-state index in [0.29, 0.717) is 24.8 Å². The monoisotopic (exact) mass is 226 g/mol. The molecule has 0 saturated carbocycles. The summed E-state index contributed by atoms with van der Waals surface area (Å²) < 4.78 is 6.52. The van der Waals surface area contributed by atoms with Crippen molar-refractivity contribution in [3.05, 3.63) is 12.0 Å². The van der Waals surface area contributed by atoms with E-state index < -0.39 is 5.97 Å². The van der Waals surface area contributed by atoms with Crippen molar-refractivity contribution in [1.29, 1.82) is 0 Å². The Hall–Kier alpha value is -1.56. The zero-order valence-corrected chi connectivity index (χ0v) is 9.69. The van der Waals surface area contributed by atoms with Gasteiger partial charge in [0.25, 0.3) is 0 Å². The summed E-state index contributed by atoms with van der Waals surface area (Å²) in [7, 11) is 1.76. The van der Waals surface area contributed by atoms with E-state index in [4.69, 9.17) is 10.5 Å². The summed E-state index contributed by atoms with van der Waals surface area (Å²) in [6, 6.07) is 0. The second kappa shape index (κ2) is 6.12. The molecule has 1 heterocycles. The highest BCUT2D eigenvalue weighted by Gasteiger charge is 2.14. The molecule has 3 N–H and O–H groups in total. The lowest BCUT2D eigenvalue weighted by Gasteiger charge is -2.00. The molecule has 0 unspecified atom stereocenters. The van der Waals surface area contributed by atoms with Gasteiger partial charge in [-0.25, -0.2) is 9.78 Å². The molecule has 1 aromatic heterocycles. The summed E-state index contributed by atoms with van der Waals surface area (Å²) in [4.78, 5) is 15.6. The third-order valence-electron chi connectivity index (χ3n) is 2.02. The molecule has 0 amide bonds. The standard InChI is InChI=1S/C10H18N4O2/c1-3-16-10(15)9-13-8(7-14(9)2)12-6-4-5-11/h7,12H,3-6,11H2,1-2H3. The number of nitrogens with one attached hydrogen (secondary N) is 1. The summed E-state index contributed by atoms with van der Waals surface area (Å²) in [5.74, 6) is 0.563. The van der Waals surface area contributed by atoms with Crippen LogP contribution in [0.5, 0.6) is 0 Å². The molecule has 6 nitrogen and oxygen atoms in total. The average Bonchev–Trinajstić information content (AvgIpc) is 2.61. The topological polar surface area (TPSA) is 82.2 Å². The Morgan fingerprint density at radius 3 is 3.06 bits per heavy atom. The molecular formula is C10H18N4O2. The number of carbonyl (C=O) groups is 1. The predicted molar refractivity (Wildman–Crippen MR) is 61.3 cm³/mol. The summed E-state index contributed by atoms with van der Waals surface area (Å²) in [6.45, 7) is 3.49. The van der Waals surface area contributed by atoms with Gasteiger partial charge >= 0.3 is 5.97 Å². The van der Waals surface area contributed by atoms with Crippen LogP contribution in [0, 0.1) is 0 Å². The van der Waals surface area contributed by atoms with Crippen molar-refractivity contribution < 1.29 is 9.53 Å². The minimum atomic E-state index is -0.406. The maximum Gasteiger partial charge on any atom is 0.374 e. The minimum absolute atomic E-state index is 0.303. The van der Waals surface area contributed by atoms with Crippen molar-refractivity contribution in [2.45, 2.75) is 13.3 Å². The van der Waals surface area contributed by atoms with Crippen LogP contribution in [0.3, 0.4) is 0 Å². The van der Waals surface area contributed by atoms with Gasteiger partial charge in [-0.05, 0) is 19.9 Å². The Morgan fingerprint density at radius 1 is 1.69 bits per heavy atom. The van der Waals surface area contributed by atoms with Crippen LogP contribution in [0.2, 0.25) is 0 Å². The van der Waals surface area contributed by atoms with Crippen molar-refractivity contribution in [2.75, 3.05) is 25.0 Å². The Bertz CT molecular complexity index is 349. The number of hydrogen-bond acceptors (Lipinski definition) is 5. The van der Waals surface area contributed by atoms with Crippen LogP contribution < -0.4 is 11.1 Å². The summed E-state index contributed by atoms with van der Waals surface area (Å²) >= 11 is 0. The highest BCUT2D eigenvalue weighted by Crippen LogP contribution is 2.08. The van der Waals surface area contributed by atoms with Crippen LogP contribution >= 0.6 is 0 Å². The van der Waals surface area contributed by atoms with Gasteiger partial charge in [-0.15, -0.1) is 0 Å². The second-order valence-electron chi connectivity index (χ2n) is 3.35. The predicted octanol–water partition coefficient (Wildman–Crippen LogP) is 0.357. The Morgan fingerprint density at radius 2 is 2.44 bits per heavy atom. The number of hydrogen-bond donors (Lipinski definition) is 2. The van der Waals surface area contributed by atoms with Gasteiger partial charge in [0.05, 0.1) is 6.61 Å². The molecule has 0 aliphatic heterocycles. The molecule has 0 spiro atoms. The first-order valence-electron chi connectivity index (χ1n) is 5.33. The number of ether oxygens (including phenoxy) is 1. The van der Waals surface area contributed by atoms with Gasteiger partial charge in [0.15, 0.2) is 0 Å². The number of aromatic nitrogens is 2. The number of esters is 1. The minimum Gasteiger partial charge on any atom is -0.460 e. The molecule has 16 heavy (non-hydrogen) atoms. The third-order valence-corrected chi connectivity index (χ3v) is 2.02. The molecule has 1 aromatic rings. The first-order valence-corrected chi connectivity index (χ1v) is 5.33. The van der Waals surface area contributed by atoms with Crippen molar-refractivity contribution >= 4 is 11.8 Å². The number of carbonyl (C=O) groups excluding carboxylic acids is 1. The van der Waals surface area contributed by atoms with E-state index in [1.807, 2.05) is 0 Å². The molecular weight excluding hydrogens is 208 g/mol. The Kier molecular flexibility index (Phi) is 4.78. The Balaban J connectivity index is 2.62. The van der Waals surface area contributed by atoms with E-state index in [1.54, 1.807) is 24.7 Å². The van der Waals surface area contributed by atoms with Crippen molar-refractivity contribution in [2.24, 2.45) is 12.8 Å². The summed E-state index contributed by atoms with van der Waals surface area (Å²) in [5, 5.41) is 3.08. The fourth-order valence-electron chi connectivity index (χ4n) is 1.26. The lowest BCUT2D eigenvalue weighted by Crippen LogP contribution is -2.11. The molecule has 0 atom stereocenters. The molecule has 90 valence electrons. The van der Waals surface area contributed by atoms with Gasteiger partial charge in [-0.2, -0.15) is 0 Å². The number of nitrogens with two attached hydrogens (primary N) is 1. The molecule has 0 aliphatic rings. The number of imidazole rings is 1. The largest absolute Gasteiger partial charge is 0.460 e. The number of rotatable bonds is 6. The maximum atomic E-state index is 11.5. The normalized spacial score (nSPS) is 10.2. The molecule has 0 fully saturated rings. The maximum absolute atomic E-state index is 11.5. The van der Waals surface area contributed by atoms with Gasteiger partial charge in [-0.3, -0.25) is 0 Å². The van der Waals surface area contributed by atoms with E-state index >= 15 is 0 Å². The molecule has 6 heteroatoms. The lowest BCUT2D eigenvalue weighted by molar-refractivity contribution is 0.0508. The number of nitrogens with zero attached hydrogens (tertiary/aromatic N) is 2. The van der Waals surface area contributed by atoms with Crippen LogP contribution in [0.15, 0.2) is 6.20 Å². The van der Waals surface area contributed by atoms with Crippen LogP contribution in [-0.4, -0.2) is 35.2 Å². The molecule has 0 saturated heterocycles. The molecule has 0 aliphatic carbocycles. The fourth-order valence-corrected chi connectivity index (χ4v) is 1.26. The summed E-state index contributed by atoms with van der Waals surface area (Å²) in [6.07, 6.45) is 2.62. The van der Waals surface area contributed by atoms with Crippen molar-refractivity contribution in [1.82, 2.24) is 9.55 Å². The Labute approximate surface area is 94.8 Å². The van der Waals surface area contributed by atoms with E-state index in [9.17, 15) is 4.79 Å². The highest BCUT2D eigenvalue weighted by atomic mass is 16.5. The van der Waals surface area contributed by atoms with Crippen LogP contribution in [0.25, 0.3) is 0 Å². The SMILES string of the molecule is CCOC(=O)c1nc(NCCCN)cn1C. The van der Waals surface area contributed by atoms with E-state index in [1.165, 1.54) is 0 Å². The lowest BCUT2D eigenvalue weighted by atomic mass is 10.4. The first kappa shape index (κ1) is 12.5. The van der Waals surface area contributed by atoms with Crippen LogP contribution in [0.1, 0.15) is 24.0 Å². The van der Waals surface area contributed by atoms with Crippen LogP contribution in [0.4, 0.5) is 5.82 Å². The third kappa shape index (κ3) is 3.23. The van der Waals surface area contributed by atoms with Gasteiger partial charge in [0, 0.05) is 19.8 Å². The number of anilines is 1. The number of aryl methyl sites for hydroxylation is 1. The van der Waals surface area contributed by atoms with Gasteiger partial charge < -0.3 is 20.4 Å². The summed E-state index contributed by atoms with van der Waals surface area (Å²) in [5.41, 5.74) is 5.38. The smallest absolute Gasteiger partial charge is 0.374 e. The zero-order chi connectivity index (χ0) is 12.0. The second-order valence-corrected chi connectivity index (χ2v) is 3.35. The first-order chi connectivity index (χ1) is 7.69. The van der Waals surface area contributed by atoms with Gasteiger partial charge in [0.2, 0.25) is 5.82 Å². The van der Waals surface area contributed by atoms with Crippen molar-refractivity contribution in [3.63, 3.8) is 0 Å². The quantitative estimate of drug-likeness (QED) is 0.540. The van der Waals surface area contributed by atoms with E-state index in [2.05, 4.69) is 10.3 Å². The van der Waals surface area contributed by atoms with E-state index in [-0.39, 0.29) is 0 Å². The molecule has 0 bridgehead atoms. The highest BCUT2D eigenvalue weighted by molar-refractivity contribution is 5.86. The fraction of sp³-hybridized carbons (Fsp3) is 0.600. The van der Waals surface area contributed by atoms with Gasteiger partial charge in [0.1, 0.15) is 5.82 Å². The van der Waals surface area contributed by atoms with Crippen LogP contribution in [-0.2, 0) is 11.8 Å². The average molecular weight is 226 g/mol. The molecule has 1 rings (SSSR count). The zero-order valence-electron chi connectivity index (χ0n) is 9.69.